The molecule has 0 atom stereocenters. The number of benzene rings is 1. The SMILES string of the molecule is CN(C)C(=O)c1ccc(Nc2cnn(C)c2)c(N)c1. The number of rotatable bonds is 3. The minimum absolute atomic E-state index is 0.0698. The van der Waals surface area contributed by atoms with E-state index in [1.807, 2.05) is 13.2 Å². The van der Waals surface area contributed by atoms with E-state index in [1.165, 1.54) is 4.90 Å². The number of nitrogens with two attached hydrogens (primary N) is 1. The van der Waals surface area contributed by atoms with Crippen LogP contribution in [0.1, 0.15) is 10.4 Å². The number of nitrogens with one attached hydrogen (secondary N) is 1. The molecule has 0 aliphatic rings. The van der Waals surface area contributed by atoms with Crippen LogP contribution in [0.2, 0.25) is 0 Å². The van der Waals surface area contributed by atoms with Crippen molar-refractivity contribution in [3.05, 3.63) is 36.2 Å². The summed E-state index contributed by atoms with van der Waals surface area (Å²) in [6.07, 6.45) is 3.55. The minimum atomic E-state index is -0.0698. The van der Waals surface area contributed by atoms with E-state index >= 15 is 0 Å². The number of amides is 1. The van der Waals surface area contributed by atoms with Crippen LogP contribution in [0.3, 0.4) is 0 Å². The Bertz CT molecular complexity index is 603. The summed E-state index contributed by atoms with van der Waals surface area (Å²) in [5, 5.41) is 7.22. The lowest BCUT2D eigenvalue weighted by Gasteiger charge is -2.12. The summed E-state index contributed by atoms with van der Waals surface area (Å²) in [7, 11) is 5.26. The van der Waals surface area contributed by atoms with Gasteiger partial charge in [-0.05, 0) is 18.2 Å². The van der Waals surface area contributed by atoms with Gasteiger partial charge in [0.05, 0.1) is 23.3 Å². The van der Waals surface area contributed by atoms with E-state index in [-0.39, 0.29) is 5.91 Å². The highest BCUT2D eigenvalue weighted by atomic mass is 16.2. The summed E-state index contributed by atoms with van der Waals surface area (Å²) in [4.78, 5) is 13.3. The normalized spacial score (nSPS) is 10.3. The smallest absolute Gasteiger partial charge is 0.253 e. The quantitative estimate of drug-likeness (QED) is 0.818. The molecule has 19 heavy (non-hydrogen) atoms. The lowest BCUT2D eigenvalue weighted by Crippen LogP contribution is -2.21. The molecule has 2 aromatic rings. The first kappa shape index (κ1) is 12.9. The van der Waals surface area contributed by atoms with Crippen LogP contribution in [0.25, 0.3) is 0 Å². The van der Waals surface area contributed by atoms with E-state index in [9.17, 15) is 4.79 Å². The van der Waals surface area contributed by atoms with Gasteiger partial charge in [-0.1, -0.05) is 0 Å². The largest absolute Gasteiger partial charge is 0.397 e. The summed E-state index contributed by atoms with van der Waals surface area (Å²) >= 11 is 0. The van der Waals surface area contributed by atoms with Gasteiger partial charge in [-0.2, -0.15) is 5.10 Å². The van der Waals surface area contributed by atoms with Crippen molar-refractivity contribution in [1.82, 2.24) is 14.7 Å². The minimum Gasteiger partial charge on any atom is -0.397 e. The molecule has 1 amide bonds. The van der Waals surface area contributed by atoms with Crippen molar-refractivity contribution in [3.63, 3.8) is 0 Å². The average Bonchev–Trinajstić information content (AvgIpc) is 2.76. The first-order valence-electron chi connectivity index (χ1n) is 5.84. The van der Waals surface area contributed by atoms with Crippen molar-refractivity contribution in [2.24, 2.45) is 7.05 Å². The summed E-state index contributed by atoms with van der Waals surface area (Å²) in [5.74, 6) is -0.0698. The molecule has 0 saturated heterocycles. The lowest BCUT2D eigenvalue weighted by atomic mass is 10.1. The van der Waals surface area contributed by atoms with Crippen LogP contribution in [0.15, 0.2) is 30.6 Å². The van der Waals surface area contributed by atoms with Gasteiger partial charge in [0.1, 0.15) is 0 Å². The molecule has 0 bridgehead atoms. The molecular weight excluding hydrogens is 242 g/mol. The van der Waals surface area contributed by atoms with Crippen LogP contribution < -0.4 is 11.1 Å². The maximum atomic E-state index is 11.8. The fourth-order valence-corrected chi connectivity index (χ4v) is 1.71. The molecule has 1 aromatic carbocycles. The summed E-state index contributed by atoms with van der Waals surface area (Å²) in [6.45, 7) is 0. The highest BCUT2D eigenvalue weighted by molar-refractivity contribution is 5.96. The molecule has 6 nitrogen and oxygen atoms in total. The van der Waals surface area contributed by atoms with Gasteiger partial charge in [0, 0.05) is 32.9 Å². The standard InChI is InChI=1S/C13H17N5O/c1-17(2)13(19)9-4-5-12(11(14)6-9)16-10-7-15-18(3)8-10/h4-8,16H,14H2,1-3H3. The third-order valence-corrected chi connectivity index (χ3v) is 2.69. The van der Waals surface area contributed by atoms with Crippen molar-refractivity contribution < 1.29 is 4.79 Å². The van der Waals surface area contributed by atoms with Gasteiger partial charge < -0.3 is 16.0 Å². The average molecular weight is 259 g/mol. The highest BCUT2D eigenvalue weighted by Gasteiger charge is 2.10. The van der Waals surface area contributed by atoms with Gasteiger partial charge in [0.15, 0.2) is 0 Å². The molecule has 0 unspecified atom stereocenters. The lowest BCUT2D eigenvalue weighted by molar-refractivity contribution is 0.0827. The Hall–Kier alpha value is -2.50. The zero-order valence-electron chi connectivity index (χ0n) is 11.2. The third-order valence-electron chi connectivity index (χ3n) is 2.69. The van der Waals surface area contributed by atoms with Gasteiger partial charge >= 0.3 is 0 Å². The number of carbonyl (C=O) groups excluding carboxylic acids is 1. The maximum Gasteiger partial charge on any atom is 0.253 e. The molecule has 1 aromatic heterocycles. The van der Waals surface area contributed by atoms with Crippen LogP contribution >= 0.6 is 0 Å². The first-order valence-corrected chi connectivity index (χ1v) is 5.84. The molecule has 0 radical (unpaired) electrons. The Morgan fingerprint density at radius 1 is 1.42 bits per heavy atom. The number of hydrogen-bond donors (Lipinski definition) is 2. The van der Waals surface area contributed by atoms with Crippen molar-refractivity contribution in [3.8, 4) is 0 Å². The van der Waals surface area contributed by atoms with E-state index < -0.39 is 0 Å². The first-order chi connectivity index (χ1) is 8.97. The fraction of sp³-hybridized carbons (Fsp3) is 0.231. The molecule has 100 valence electrons. The van der Waals surface area contributed by atoms with Crippen molar-refractivity contribution in [1.29, 1.82) is 0 Å². The zero-order chi connectivity index (χ0) is 14.0. The number of aryl methyl sites for hydroxylation is 1. The number of nitrogen functional groups attached to an aromatic ring is 1. The predicted molar refractivity (Wildman–Crippen MR) is 75.4 cm³/mol. The highest BCUT2D eigenvalue weighted by Crippen LogP contribution is 2.24. The molecular formula is C13H17N5O. The van der Waals surface area contributed by atoms with Crippen LogP contribution in [-0.4, -0.2) is 34.7 Å². The Kier molecular flexibility index (Phi) is 3.41. The molecule has 6 heteroatoms. The molecule has 0 spiro atoms. The molecule has 3 N–H and O–H groups in total. The molecule has 0 aliphatic carbocycles. The number of carbonyl (C=O) groups is 1. The van der Waals surface area contributed by atoms with E-state index in [2.05, 4.69) is 10.4 Å². The van der Waals surface area contributed by atoms with Gasteiger partial charge in [0.25, 0.3) is 5.91 Å². The number of nitrogens with zero attached hydrogens (tertiary/aromatic N) is 3. The second kappa shape index (κ2) is 5.01. The van der Waals surface area contributed by atoms with E-state index in [4.69, 9.17) is 5.73 Å². The van der Waals surface area contributed by atoms with E-state index in [1.54, 1.807) is 43.2 Å². The van der Waals surface area contributed by atoms with Gasteiger partial charge in [-0.15, -0.1) is 0 Å². The zero-order valence-corrected chi connectivity index (χ0v) is 11.2. The maximum absolute atomic E-state index is 11.8. The Morgan fingerprint density at radius 3 is 2.68 bits per heavy atom. The number of hydrogen-bond acceptors (Lipinski definition) is 4. The summed E-state index contributed by atoms with van der Waals surface area (Å²) in [6, 6.07) is 5.21. The van der Waals surface area contributed by atoms with Gasteiger partial charge in [-0.3, -0.25) is 9.48 Å². The summed E-state index contributed by atoms with van der Waals surface area (Å²) < 4.78 is 1.70. The number of aromatic nitrogens is 2. The third kappa shape index (κ3) is 2.85. The summed E-state index contributed by atoms with van der Waals surface area (Å²) in [5.41, 5.74) is 8.65. The Morgan fingerprint density at radius 2 is 2.16 bits per heavy atom. The number of anilines is 3. The van der Waals surface area contributed by atoms with Crippen molar-refractivity contribution in [2.45, 2.75) is 0 Å². The van der Waals surface area contributed by atoms with Crippen LogP contribution in [0.4, 0.5) is 17.1 Å². The van der Waals surface area contributed by atoms with Crippen molar-refractivity contribution in [2.75, 3.05) is 25.1 Å². The fourth-order valence-electron chi connectivity index (χ4n) is 1.71. The van der Waals surface area contributed by atoms with Crippen molar-refractivity contribution >= 4 is 23.0 Å². The van der Waals surface area contributed by atoms with Crippen LogP contribution in [0.5, 0.6) is 0 Å². The van der Waals surface area contributed by atoms with E-state index in [0.29, 0.717) is 11.3 Å². The topological polar surface area (TPSA) is 76.2 Å². The molecule has 1 heterocycles. The van der Waals surface area contributed by atoms with Crippen LogP contribution in [-0.2, 0) is 7.05 Å². The van der Waals surface area contributed by atoms with Crippen LogP contribution in [0, 0.1) is 0 Å². The van der Waals surface area contributed by atoms with Gasteiger partial charge in [0.2, 0.25) is 0 Å². The molecule has 0 fully saturated rings. The molecule has 0 aliphatic heterocycles. The van der Waals surface area contributed by atoms with Gasteiger partial charge in [-0.25, -0.2) is 0 Å². The second-order valence-corrected chi connectivity index (χ2v) is 4.53. The Labute approximate surface area is 111 Å². The molecule has 0 saturated carbocycles. The molecule has 2 rings (SSSR count). The monoisotopic (exact) mass is 259 g/mol. The predicted octanol–water partition coefficient (Wildman–Crippen LogP) is 1.45. The second-order valence-electron chi connectivity index (χ2n) is 4.53. The van der Waals surface area contributed by atoms with E-state index in [0.717, 1.165) is 11.4 Å². The Balaban J connectivity index is 2.22.